The number of nitrogens with one attached hydrogen (secondary N) is 3. The van der Waals surface area contributed by atoms with Gasteiger partial charge >= 0.3 is 5.69 Å². The van der Waals surface area contributed by atoms with Gasteiger partial charge in [-0.2, -0.15) is 0 Å². The Balaban J connectivity index is 1.83. The van der Waals surface area contributed by atoms with E-state index < -0.39 is 0 Å². The average molecular weight is 297 g/mol. The first-order valence-corrected chi connectivity index (χ1v) is 7.21. The first kappa shape index (κ1) is 14.3. The van der Waals surface area contributed by atoms with E-state index in [9.17, 15) is 4.79 Å². The van der Waals surface area contributed by atoms with Crippen LogP contribution in [0.1, 0.15) is 20.8 Å². The zero-order valence-electron chi connectivity index (χ0n) is 12.9. The molecule has 0 fully saturated rings. The minimum absolute atomic E-state index is 0.186. The molecule has 2 aromatic heterocycles. The Morgan fingerprint density at radius 1 is 1.05 bits per heavy atom. The third kappa shape index (κ3) is 3.16. The summed E-state index contributed by atoms with van der Waals surface area (Å²) >= 11 is 0. The van der Waals surface area contributed by atoms with Crippen LogP contribution in [0.2, 0.25) is 0 Å². The normalized spacial score (nSPS) is 11.8. The van der Waals surface area contributed by atoms with Crippen LogP contribution in [-0.4, -0.2) is 26.7 Å². The van der Waals surface area contributed by atoms with Crippen LogP contribution in [0.25, 0.3) is 22.3 Å². The van der Waals surface area contributed by atoms with Gasteiger partial charge in [-0.1, -0.05) is 26.8 Å². The van der Waals surface area contributed by atoms with Crippen LogP contribution in [0, 0.1) is 5.41 Å². The van der Waals surface area contributed by atoms with E-state index in [1.54, 1.807) is 0 Å². The molecule has 1 aromatic carbocycles. The van der Waals surface area contributed by atoms with Crippen LogP contribution in [-0.2, 0) is 0 Å². The van der Waals surface area contributed by atoms with Crippen molar-refractivity contribution >= 4 is 16.9 Å². The smallest absolute Gasteiger partial charge is 0.323 e. The molecule has 0 saturated carbocycles. The summed E-state index contributed by atoms with van der Waals surface area (Å²) in [4.78, 5) is 16.8. The maximum atomic E-state index is 11.3. The van der Waals surface area contributed by atoms with E-state index in [1.165, 1.54) is 0 Å². The van der Waals surface area contributed by atoms with Gasteiger partial charge in [-0.15, -0.1) is 10.2 Å². The number of fused-ring (bicyclic) bond motifs is 1. The Hall–Kier alpha value is -2.63. The molecule has 6 heteroatoms. The lowest BCUT2D eigenvalue weighted by atomic mass is 9.97. The van der Waals surface area contributed by atoms with Crippen LogP contribution in [0.4, 0.5) is 5.82 Å². The van der Waals surface area contributed by atoms with Crippen LogP contribution in [0.15, 0.2) is 35.1 Å². The van der Waals surface area contributed by atoms with Crippen molar-refractivity contribution < 1.29 is 0 Å². The fraction of sp³-hybridized carbons (Fsp3) is 0.312. The summed E-state index contributed by atoms with van der Waals surface area (Å²) in [7, 11) is 0. The van der Waals surface area contributed by atoms with Crippen molar-refractivity contribution in [2.45, 2.75) is 20.8 Å². The molecule has 0 aliphatic rings. The monoisotopic (exact) mass is 297 g/mol. The summed E-state index contributed by atoms with van der Waals surface area (Å²) in [6, 6.07) is 9.50. The zero-order chi connectivity index (χ0) is 15.7. The summed E-state index contributed by atoms with van der Waals surface area (Å²) in [5.74, 6) is 0.759. The number of anilines is 1. The highest BCUT2D eigenvalue weighted by Gasteiger charge is 2.10. The van der Waals surface area contributed by atoms with Gasteiger partial charge in [0.2, 0.25) is 0 Å². The number of hydrogen-bond donors (Lipinski definition) is 3. The highest BCUT2D eigenvalue weighted by atomic mass is 16.1. The molecule has 3 N–H and O–H groups in total. The SMILES string of the molecule is CC(C)(C)CNc1ccc(-c2ccc3[nH]c(=O)[nH]c3c2)nn1. The fourth-order valence-corrected chi connectivity index (χ4v) is 2.13. The molecule has 0 aliphatic heterocycles. The van der Waals surface area contributed by atoms with Gasteiger partial charge in [0.05, 0.1) is 16.7 Å². The van der Waals surface area contributed by atoms with Gasteiger partial charge in [-0.05, 0) is 29.7 Å². The molecular weight excluding hydrogens is 278 g/mol. The number of hydrogen-bond acceptors (Lipinski definition) is 4. The molecule has 0 unspecified atom stereocenters. The molecule has 0 radical (unpaired) electrons. The van der Waals surface area contributed by atoms with Crippen molar-refractivity contribution in [3.05, 3.63) is 40.8 Å². The van der Waals surface area contributed by atoms with Crippen LogP contribution < -0.4 is 11.0 Å². The Bertz CT molecular complexity index is 839. The lowest BCUT2D eigenvalue weighted by molar-refractivity contribution is 0.442. The summed E-state index contributed by atoms with van der Waals surface area (Å²) < 4.78 is 0. The first-order valence-electron chi connectivity index (χ1n) is 7.21. The number of imidazole rings is 1. The largest absolute Gasteiger partial charge is 0.368 e. The number of nitrogens with zero attached hydrogens (tertiary/aromatic N) is 2. The van der Waals surface area contributed by atoms with Crippen LogP contribution in [0.3, 0.4) is 0 Å². The minimum atomic E-state index is -0.208. The number of benzene rings is 1. The predicted octanol–water partition coefficient (Wildman–Crippen LogP) is 2.77. The van der Waals surface area contributed by atoms with E-state index in [0.717, 1.165) is 34.7 Å². The number of aromatic amines is 2. The van der Waals surface area contributed by atoms with E-state index in [-0.39, 0.29) is 11.1 Å². The van der Waals surface area contributed by atoms with E-state index in [1.807, 2.05) is 30.3 Å². The van der Waals surface area contributed by atoms with Gasteiger partial charge in [0.1, 0.15) is 5.82 Å². The Morgan fingerprint density at radius 2 is 1.82 bits per heavy atom. The lowest BCUT2D eigenvalue weighted by Gasteiger charge is -2.18. The number of H-pyrrole nitrogens is 2. The third-order valence-corrected chi connectivity index (χ3v) is 3.28. The lowest BCUT2D eigenvalue weighted by Crippen LogP contribution is -2.19. The summed E-state index contributed by atoms with van der Waals surface area (Å²) in [5, 5.41) is 11.7. The molecule has 0 spiro atoms. The molecule has 0 bridgehead atoms. The maximum absolute atomic E-state index is 11.3. The van der Waals surface area contributed by atoms with Crippen molar-refractivity contribution in [3.63, 3.8) is 0 Å². The molecule has 0 aliphatic carbocycles. The molecule has 6 nitrogen and oxygen atoms in total. The van der Waals surface area contributed by atoms with Crippen molar-refractivity contribution in [2.24, 2.45) is 5.41 Å². The minimum Gasteiger partial charge on any atom is -0.368 e. The third-order valence-electron chi connectivity index (χ3n) is 3.28. The Morgan fingerprint density at radius 3 is 2.50 bits per heavy atom. The molecular formula is C16H19N5O. The standard InChI is InChI=1S/C16H19N5O/c1-16(2,3)9-17-14-7-6-11(20-21-14)10-4-5-12-13(8-10)19-15(22)18-12/h4-8H,9H2,1-3H3,(H,17,21)(H2,18,19,22). The van der Waals surface area contributed by atoms with E-state index in [0.29, 0.717) is 0 Å². The number of rotatable bonds is 3. The van der Waals surface area contributed by atoms with E-state index in [4.69, 9.17) is 0 Å². The van der Waals surface area contributed by atoms with Crippen LogP contribution >= 0.6 is 0 Å². The molecule has 22 heavy (non-hydrogen) atoms. The average Bonchev–Trinajstić information content (AvgIpc) is 2.84. The van der Waals surface area contributed by atoms with Crippen LogP contribution in [0.5, 0.6) is 0 Å². The van der Waals surface area contributed by atoms with Gasteiger partial charge in [-0.25, -0.2) is 4.79 Å². The second-order valence-corrected chi connectivity index (χ2v) is 6.56. The van der Waals surface area contributed by atoms with E-state index >= 15 is 0 Å². The van der Waals surface area contributed by atoms with Gasteiger partial charge in [0.15, 0.2) is 0 Å². The van der Waals surface area contributed by atoms with E-state index in [2.05, 4.69) is 46.3 Å². The molecule has 0 saturated heterocycles. The first-order chi connectivity index (χ1) is 10.4. The summed E-state index contributed by atoms with van der Waals surface area (Å²) in [6.45, 7) is 7.32. The highest BCUT2D eigenvalue weighted by Crippen LogP contribution is 2.21. The van der Waals surface area contributed by atoms with Gasteiger partial charge < -0.3 is 15.3 Å². The Labute approximate surface area is 128 Å². The zero-order valence-corrected chi connectivity index (χ0v) is 12.9. The van der Waals surface area contributed by atoms with Gasteiger partial charge in [0.25, 0.3) is 0 Å². The van der Waals surface area contributed by atoms with Crippen molar-refractivity contribution in [3.8, 4) is 11.3 Å². The molecule has 0 amide bonds. The van der Waals surface area contributed by atoms with Crippen molar-refractivity contribution in [1.82, 2.24) is 20.2 Å². The fourth-order valence-electron chi connectivity index (χ4n) is 2.13. The summed E-state index contributed by atoms with van der Waals surface area (Å²) in [5.41, 5.74) is 3.21. The summed E-state index contributed by atoms with van der Waals surface area (Å²) in [6.07, 6.45) is 0. The topological polar surface area (TPSA) is 86.5 Å². The quantitative estimate of drug-likeness (QED) is 0.694. The number of aromatic nitrogens is 4. The predicted molar refractivity (Wildman–Crippen MR) is 87.9 cm³/mol. The molecule has 114 valence electrons. The Kier molecular flexibility index (Phi) is 3.44. The van der Waals surface area contributed by atoms with Gasteiger partial charge in [-0.3, -0.25) is 0 Å². The molecule has 3 aromatic rings. The van der Waals surface area contributed by atoms with Crippen molar-refractivity contribution in [1.29, 1.82) is 0 Å². The molecule has 0 atom stereocenters. The maximum Gasteiger partial charge on any atom is 0.323 e. The molecule has 2 heterocycles. The molecule has 3 rings (SSSR count). The van der Waals surface area contributed by atoms with Crippen molar-refractivity contribution in [2.75, 3.05) is 11.9 Å². The van der Waals surface area contributed by atoms with Gasteiger partial charge in [0, 0.05) is 12.1 Å². The highest BCUT2D eigenvalue weighted by molar-refractivity contribution is 5.80. The second-order valence-electron chi connectivity index (χ2n) is 6.56. The second kappa shape index (κ2) is 5.29.